The first-order valence-electron chi connectivity index (χ1n) is 15.0. The molecule has 2 amide bonds. The number of hydrogen-bond donors (Lipinski definition) is 4. The fourth-order valence-electron chi connectivity index (χ4n) is 5.93. The maximum absolute atomic E-state index is 13.5. The van der Waals surface area contributed by atoms with Crippen LogP contribution in [-0.4, -0.2) is 76.9 Å². The van der Waals surface area contributed by atoms with E-state index in [1.54, 1.807) is 26.5 Å². The van der Waals surface area contributed by atoms with Crippen LogP contribution in [-0.2, 0) is 22.4 Å². The predicted molar refractivity (Wildman–Crippen MR) is 169 cm³/mol. The number of benzene rings is 1. The summed E-state index contributed by atoms with van der Waals surface area (Å²) >= 11 is 0. The van der Waals surface area contributed by atoms with Gasteiger partial charge in [-0.1, -0.05) is 24.3 Å². The first-order valence-corrected chi connectivity index (χ1v) is 15.0. The van der Waals surface area contributed by atoms with Crippen molar-refractivity contribution in [2.24, 2.45) is 0 Å². The molecule has 5 N–H and O–H groups in total. The number of pyridine rings is 2. The van der Waals surface area contributed by atoms with Gasteiger partial charge in [-0.25, -0.2) is 14.8 Å². The first kappa shape index (κ1) is 30.8. The van der Waals surface area contributed by atoms with Crippen LogP contribution in [0.15, 0.2) is 54.7 Å². The molecule has 5 rings (SSSR count). The molecule has 11 nitrogen and oxygen atoms in total. The molecule has 3 aromatic heterocycles. The Labute approximate surface area is 256 Å². The number of nitrogens with two attached hydrogens (primary N) is 1. The van der Waals surface area contributed by atoms with Gasteiger partial charge >= 0.3 is 6.09 Å². The summed E-state index contributed by atoms with van der Waals surface area (Å²) in [5.74, 6) is 1.10. The maximum atomic E-state index is 13.5. The first-order chi connectivity index (χ1) is 21.3. The third-order valence-electron chi connectivity index (χ3n) is 8.18. The number of methoxy groups -OCH3 is 2. The molecule has 1 aliphatic rings. The summed E-state index contributed by atoms with van der Waals surface area (Å²) in [5, 5.41) is 13.1. The number of aryl methyl sites for hydroxylation is 1. The van der Waals surface area contributed by atoms with Crippen molar-refractivity contribution in [2.45, 2.75) is 50.5 Å². The fourth-order valence-corrected chi connectivity index (χ4v) is 5.93. The SMILES string of the molecule is COCCCc1nc(OC)cc2[nH]c([C@@H]3CCCN(C(=O)C[C@@H](Cc4ccc(-c5ccc(N)nc5)cc4)NC(=O)O)C3)cc12. The lowest BCUT2D eigenvalue weighted by atomic mass is 9.93. The smallest absolute Gasteiger partial charge is 0.404 e. The van der Waals surface area contributed by atoms with E-state index in [0.29, 0.717) is 37.8 Å². The lowest BCUT2D eigenvalue weighted by Gasteiger charge is -2.33. The van der Waals surface area contributed by atoms with Crippen LogP contribution < -0.4 is 15.8 Å². The van der Waals surface area contributed by atoms with Crippen molar-refractivity contribution in [2.75, 3.05) is 39.6 Å². The highest BCUT2D eigenvalue weighted by atomic mass is 16.5. The Balaban J connectivity index is 1.26. The Hall–Kier alpha value is -4.64. The second-order valence-electron chi connectivity index (χ2n) is 11.3. The van der Waals surface area contributed by atoms with Crippen LogP contribution in [0.3, 0.4) is 0 Å². The van der Waals surface area contributed by atoms with E-state index >= 15 is 0 Å². The van der Waals surface area contributed by atoms with Crippen molar-refractivity contribution < 1.29 is 24.2 Å². The third-order valence-corrected chi connectivity index (χ3v) is 8.18. The van der Waals surface area contributed by atoms with Gasteiger partial charge in [0.25, 0.3) is 0 Å². The standard InChI is InChI=1S/C33H40N6O5/c1-43-14-4-6-27-26-17-28(37-29(26)18-31(38-27)44-2)24-5-3-13-39(20-24)32(40)16-25(36-33(41)42)15-21-7-9-22(10-8-21)23-11-12-30(34)35-19-23/h7-12,17-19,24-25,36-37H,3-6,13-16,20H2,1-2H3,(H2,34,35)(H,41,42)/t24-,25-/m1/s1. The zero-order valence-electron chi connectivity index (χ0n) is 25.2. The molecular formula is C33H40N6O5. The van der Waals surface area contributed by atoms with Crippen LogP contribution in [0.2, 0.25) is 0 Å². The molecule has 4 aromatic rings. The summed E-state index contributed by atoms with van der Waals surface area (Å²) in [6.45, 7) is 1.87. The molecule has 0 radical (unpaired) electrons. The van der Waals surface area contributed by atoms with E-state index in [0.717, 1.165) is 64.7 Å². The van der Waals surface area contributed by atoms with Crippen molar-refractivity contribution in [3.05, 3.63) is 71.7 Å². The second-order valence-corrected chi connectivity index (χ2v) is 11.3. The van der Waals surface area contributed by atoms with Crippen molar-refractivity contribution >= 4 is 28.7 Å². The molecule has 232 valence electrons. The highest BCUT2D eigenvalue weighted by molar-refractivity contribution is 5.84. The summed E-state index contributed by atoms with van der Waals surface area (Å²) in [5.41, 5.74) is 11.5. The number of aromatic amines is 1. The average Bonchev–Trinajstić information content (AvgIpc) is 3.46. The number of aromatic nitrogens is 3. The molecule has 44 heavy (non-hydrogen) atoms. The number of carbonyl (C=O) groups excluding carboxylic acids is 1. The van der Waals surface area contributed by atoms with Crippen LogP contribution in [0, 0.1) is 0 Å². The summed E-state index contributed by atoms with van der Waals surface area (Å²) in [7, 11) is 3.31. The largest absolute Gasteiger partial charge is 0.481 e. The Morgan fingerprint density at radius 2 is 1.95 bits per heavy atom. The van der Waals surface area contributed by atoms with E-state index in [9.17, 15) is 14.7 Å². The summed E-state index contributed by atoms with van der Waals surface area (Å²) in [6, 6.07) is 15.0. The minimum atomic E-state index is -1.15. The summed E-state index contributed by atoms with van der Waals surface area (Å²) in [6.07, 6.45) is 4.50. The van der Waals surface area contributed by atoms with E-state index < -0.39 is 12.1 Å². The Morgan fingerprint density at radius 1 is 1.16 bits per heavy atom. The van der Waals surface area contributed by atoms with Crippen molar-refractivity contribution in [3.63, 3.8) is 0 Å². The van der Waals surface area contributed by atoms with Crippen molar-refractivity contribution in [3.8, 4) is 17.0 Å². The van der Waals surface area contributed by atoms with Crippen LogP contribution >= 0.6 is 0 Å². The zero-order valence-corrected chi connectivity index (χ0v) is 25.2. The average molecular weight is 601 g/mol. The van der Waals surface area contributed by atoms with Gasteiger partial charge in [-0.05, 0) is 61.4 Å². The Kier molecular flexibility index (Phi) is 9.96. The third kappa shape index (κ3) is 7.65. The molecule has 1 aliphatic heterocycles. The lowest BCUT2D eigenvalue weighted by molar-refractivity contribution is -0.132. The molecule has 2 atom stereocenters. The van der Waals surface area contributed by atoms with Gasteiger partial charge in [-0.3, -0.25) is 4.79 Å². The van der Waals surface area contributed by atoms with Gasteiger partial charge in [-0.15, -0.1) is 0 Å². The van der Waals surface area contributed by atoms with Crippen molar-refractivity contribution in [1.29, 1.82) is 0 Å². The number of amides is 2. The van der Waals surface area contributed by atoms with E-state index in [2.05, 4.69) is 26.3 Å². The number of nitrogens with zero attached hydrogens (tertiary/aromatic N) is 3. The Morgan fingerprint density at radius 3 is 2.66 bits per heavy atom. The molecule has 4 heterocycles. The van der Waals surface area contributed by atoms with Gasteiger partial charge in [-0.2, -0.15) is 0 Å². The number of ether oxygens (including phenoxy) is 2. The number of carboxylic acid groups (broad SMARTS) is 1. The highest BCUT2D eigenvalue weighted by Crippen LogP contribution is 2.32. The summed E-state index contributed by atoms with van der Waals surface area (Å²) < 4.78 is 10.7. The minimum Gasteiger partial charge on any atom is -0.481 e. The number of nitrogen functional groups attached to an aromatic ring is 1. The molecule has 0 unspecified atom stereocenters. The topological polar surface area (TPSA) is 156 Å². The Bertz CT molecular complexity index is 1570. The van der Waals surface area contributed by atoms with Crippen LogP contribution in [0.4, 0.5) is 10.6 Å². The summed E-state index contributed by atoms with van der Waals surface area (Å²) in [4.78, 5) is 39.4. The molecule has 0 spiro atoms. The molecule has 1 aromatic carbocycles. The number of rotatable bonds is 12. The number of likely N-dealkylation sites (tertiary alicyclic amines) is 1. The number of piperidine rings is 1. The van der Waals surface area contributed by atoms with Crippen LogP contribution in [0.1, 0.15) is 48.6 Å². The second kappa shape index (κ2) is 14.2. The number of anilines is 1. The monoisotopic (exact) mass is 600 g/mol. The van der Waals surface area contributed by atoms with E-state index in [4.69, 9.17) is 15.2 Å². The van der Waals surface area contributed by atoms with Crippen LogP contribution in [0.5, 0.6) is 5.88 Å². The predicted octanol–water partition coefficient (Wildman–Crippen LogP) is 4.77. The van der Waals surface area contributed by atoms with Gasteiger partial charge in [0.2, 0.25) is 11.8 Å². The van der Waals surface area contributed by atoms with E-state index in [-0.39, 0.29) is 18.2 Å². The molecule has 0 bridgehead atoms. The number of fused-ring (bicyclic) bond motifs is 1. The number of H-pyrrole nitrogens is 1. The number of hydrogen-bond acceptors (Lipinski definition) is 7. The molecule has 0 saturated carbocycles. The van der Waals surface area contributed by atoms with E-state index in [1.807, 2.05) is 41.3 Å². The van der Waals surface area contributed by atoms with Gasteiger partial charge < -0.3 is 35.5 Å². The number of carbonyl (C=O) groups is 2. The van der Waals surface area contributed by atoms with Gasteiger partial charge in [0.15, 0.2) is 0 Å². The lowest BCUT2D eigenvalue weighted by Crippen LogP contribution is -2.44. The fraction of sp³-hybridized carbons (Fsp3) is 0.394. The highest BCUT2D eigenvalue weighted by Gasteiger charge is 2.28. The van der Waals surface area contributed by atoms with Crippen LogP contribution in [0.25, 0.3) is 22.0 Å². The molecule has 1 fully saturated rings. The molecule has 0 aliphatic carbocycles. The van der Waals surface area contributed by atoms with Gasteiger partial charge in [0, 0.05) is 74.1 Å². The van der Waals surface area contributed by atoms with Gasteiger partial charge in [0.1, 0.15) is 5.82 Å². The van der Waals surface area contributed by atoms with Crippen molar-refractivity contribution in [1.82, 2.24) is 25.2 Å². The minimum absolute atomic E-state index is 0.0577. The molecule has 11 heteroatoms. The number of nitrogens with one attached hydrogen (secondary N) is 2. The maximum Gasteiger partial charge on any atom is 0.404 e. The quantitative estimate of drug-likeness (QED) is 0.170. The normalized spacial score (nSPS) is 15.7. The molecule has 1 saturated heterocycles. The zero-order chi connectivity index (χ0) is 31.1. The van der Waals surface area contributed by atoms with E-state index in [1.165, 1.54) is 0 Å². The molecular weight excluding hydrogens is 560 g/mol. The van der Waals surface area contributed by atoms with Gasteiger partial charge in [0.05, 0.1) is 18.3 Å².